The lowest BCUT2D eigenvalue weighted by Gasteiger charge is -2.19. The summed E-state index contributed by atoms with van der Waals surface area (Å²) < 4.78 is 5.23. The monoisotopic (exact) mass is 356 g/mol. The van der Waals surface area contributed by atoms with E-state index in [1.165, 1.54) is 12.4 Å². The summed E-state index contributed by atoms with van der Waals surface area (Å²) in [4.78, 5) is 50.8. The standard InChI is InChI=1S/C16H16N6O4/c23-12-1-2-13(24)22(12)9-14(25)21-6-3-10(8-21)15-19-16(26-20-15)11-7-17-4-5-18-11/h4-5,7,10H,1-3,6,8-9H2. The van der Waals surface area contributed by atoms with E-state index >= 15 is 0 Å². The first-order valence-electron chi connectivity index (χ1n) is 8.33. The van der Waals surface area contributed by atoms with Crippen LogP contribution in [-0.4, -0.2) is 67.3 Å². The van der Waals surface area contributed by atoms with Crippen molar-refractivity contribution >= 4 is 17.7 Å². The fraction of sp³-hybridized carbons (Fsp3) is 0.438. The Kier molecular flexibility index (Phi) is 4.15. The first-order chi connectivity index (χ1) is 12.6. The van der Waals surface area contributed by atoms with Crippen LogP contribution >= 0.6 is 0 Å². The molecule has 2 aliphatic heterocycles. The molecule has 3 amide bonds. The van der Waals surface area contributed by atoms with E-state index in [1.807, 2.05) is 0 Å². The van der Waals surface area contributed by atoms with Crippen molar-refractivity contribution in [1.29, 1.82) is 0 Å². The third-order valence-electron chi connectivity index (χ3n) is 4.58. The molecule has 10 heteroatoms. The van der Waals surface area contributed by atoms with Gasteiger partial charge in [-0.25, -0.2) is 4.98 Å². The fourth-order valence-corrected chi connectivity index (χ4v) is 3.15. The Morgan fingerprint density at radius 3 is 2.77 bits per heavy atom. The van der Waals surface area contributed by atoms with Gasteiger partial charge in [-0.2, -0.15) is 4.98 Å². The van der Waals surface area contributed by atoms with E-state index in [-0.39, 0.29) is 48.9 Å². The van der Waals surface area contributed by atoms with Gasteiger partial charge < -0.3 is 9.42 Å². The molecule has 10 nitrogen and oxygen atoms in total. The van der Waals surface area contributed by atoms with Crippen LogP contribution < -0.4 is 0 Å². The Labute approximate surface area is 148 Å². The van der Waals surface area contributed by atoms with Crippen molar-refractivity contribution in [3.8, 4) is 11.6 Å². The number of carbonyl (C=O) groups is 3. The van der Waals surface area contributed by atoms with Gasteiger partial charge in [-0.15, -0.1) is 0 Å². The summed E-state index contributed by atoms with van der Waals surface area (Å²) in [7, 11) is 0. The molecule has 0 spiro atoms. The first-order valence-corrected chi connectivity index (χ1v) is 8.33. The molecule has 2 aromatic heterocycles. The van der Waals surface area contributed by atoms with Gasteiger partial charge in [0.25, 0.3) is 5.89 Å². The van der Waals surface area contributed by atoms with Crippen LogP contribution in [0.5, 0.6) is 0 Å². The third kappa shape index (κ3) is 3.05. The van der Waals surface area contributed by atoms with E-state index in [4.69, 9.17) is 4.52 Å². The highest BCUT2D eigenvalue weighted by Crippen LogP contribution is 2.27. The van der Waals surface area contributed by atoms with Crippen molar-refractivity contribution in [3.63, 3.8) is 0 Å². The third-order valence-corrected chi connectivity index (χ3v) is 4.58. The fourth-order valence-electron chi connectivity index (χ4n) is 3.15. The summed E-state index contributed by atoms with van der Waals surface area (Å²) in [5.41, 5.74) is 0.489. The second-order valence-electron chi connectivity index (χ2n) is 6.25. The number of hydrogen-bond acceptors (Lipinski definition) is 8. The summed E-state index contributed by atoms with van der Waals surface area (Å²) >= 11 is 0. The van der Waals surface area contributed by atoms with Crippen molar-refractivity contribution in [1.82, 2.24) is 29.9 Å². The summed E-state index contributed by atoms with van der Waals surface area (Å²) in [6, 6.07) is 0. The van der Waals surface area contributed by atoms with E-state index < -0.39 is 0 Å². The van der Waals surface area contributed by atoms with Gasteiger partial charge in [0.15, 0.2) is 5.82 Å². The van der Waals surface area contributed by atoms with Crippen LogP contribution in [0.4, 0.5) is 0 Å². The van der Waals surface area contributed by atoms with Gasteiger partial charge in [0.05, 0.1) is 6.20 Å². The van der Waals surface area contributed by atoms with Crippen molar-refractivity contribution in [3.05, 3.63) is 24.4 Å². The van der Waals surface area contributed by atoms with Crippen molar-refractivity contribution in [2.45, 2.75) is 25.2 Å². The van der Waals surface area contributed by atoms with Gasteiger partial charge in [0.2, 0.25) is 17.7 Å². The van der Waals surface area contributed by atoms with Crippen molar-refractivity contribution in [2.24, 2.45) is 0 Å². The summed E-state index contributed by atoms with van der Waals surface area (Å²) in [6.45, 7) is 0.755. The maximum atomic E-state index is 12.4. The van der Waals surface area contributed by atoms with Crippen LogP contribution in [0.25, 0.3) is 11.6 Å². The normalized spacial score (nSPS) is 20.2. The average Bonchev–Trinajstić information content (AvgIpc) is 3.38. The van der Waals surface area contributed by atoms with Crippen LogP contribution in [0, 0.1) is 0 Å². The molecule has 0 radical (unpaired) electrons. The second-order valence-corrected chi connectivity index (χ2v) is 6.25. The largest absolute Gasteiger partial charge is 0.340 e. The zero-order chi connectivity index (χ0) is 18.1. The lowest BCUT2D eigenvalue weighted by molar-refractivity contribution is -0.145. The number of nitrogens with zero attached hydrogens (tertiary/aromatic N) is 6. The number of hydrogen-bond donors (Lipinski definition) is 0. The van der Waals surface area contributed by atoms with Gasteiger partial charge in [0.1, 0.15) is 12.2 Å². The van der Waals surface area contributed by atoms with E-state index in [0.29, 0.717) is 31.0 Å². The molecule has 2 aliphatic rings. The minimum absolute atomic E-state index is 0.0573. The molecular weight excluding hydrogens is 340 g/mol. The number of imide groups is 1. The van der Waals surface area contributed by atoms with Gasteiger partial charge >= 0.3 is 0 Å². The smallest absolute Gasteiger partial charge is 0.278 e. The minimum Gasteiger partial charge on any atom is -0.340 e. The molecule has 4 heterocycles. The van der Waals surface area contributed by atoms with E-state index in [1.54, 1.807) is 11.1 Å². The van der Waals surface area contributed by atoms with Crippen LogP contribution in [-0.2, 0) is 14.4 Å². The van der Waals surface area contributed by atoms with Gasteiger partial charge in [0, 0.05) is 44.2 Å². The zero-order valence-corrected chi connectivity index (χ0v) is 13.9. The highest BCUT2D eigenvalue weighted by molar-refractivity contribution is 6.04. The van der Waals surface area contributed by atoms with Crippen LogP contribution in [0.15, 0.2) is 23.1 Å². The van der Waals surface area contributed by atoms with Crippen molar-refractivity contribution in [2.75, 3.05) is 19.6 Å². The lowest BCUT2D eigenvalue weighted by atomic mass is 10.1. The molecule has 1 unspecified atom stereocenters. The maximum Gasteiger partial charge on any atom is 0.278 e. The van der Waals surface area contributed by atoms with Crippen LogP contribution in [0.3, 0.4) is 0 Å². The highest BCUT2D eigenvalue weighted by Gasteiger charge is 2.35. The molecule has 26 heavy (non-hydrogen) atoms. The Balaban J connectivity index is 1.39. The molecule has 2 aromatic rings. The van der Waals surface area contributed by atoms with Crippen LogP contribution in [0.2, 0.25) is 0 Å². The van der Waals surface area contributed by atoms with E-state index in [9.17, 15) is 14.4 Å². The summed E-state index contributed by atoms with van der Waals surface area (Å²) in [6.07, 6.45) is 5.68. The SMILES string of the molecule is O=C(CN1C(=O)CCC1=O)N1CCC(c2noc(-c3cnccn3)n2)C1. The number of rotatable bonds is 4. The molecule has 134 valence electrons. The Bertz CT molecular complexity index is 835. The van der Waals surface area contributed by atoms with Gasteiger partial charge in [-0.1, -0.05) is 5.16 Å². The topological polar surface area (TPSA) is 122 Å². The predicted octanol–water partition coefficient (Wildman–Crippen LogP) is -0.00850. The Morgan fingerprint density at radius 2 is 2.04 bits per heavy atom. The molecule has 0 saturated carbocycles. The molecule has 1 atom stereocenters. The molecule has 2 saturated heterocycles. The molecule has 0 aromatic carbocycles. The first kappa shape index (κ1) is 16.3. The number of likely N-dealkylation sites (tertiary alicyclic amines) is 2. The number of carbonyl (C=O) groups excluding carboxylic acids is 3. The van der Waals surface area contributed by atoms with E-state index in [0.717, 1.165) is 4.90 Å². The molecule has 2 fully saturated rings. The van der Waals surface area contributed by atoms with Gasteiger partial charge in [-0.05, 0) is 6.42 Å². The average molecular weight is 356 g/mol. The maximum absolute atomic E-state index is 12.4. The van der Waals surface area contributed by atoms with Gasteiger partial charge in [-0.3, -0.25) is 24.3 Å². The van der Waals surface area contributed by atoms with Crippen LogP contribution in [0.1, 0.15) is 31.0 Å². The number of aromatic nitrogens is 4. The molecular formula is C16H16N6O4. The summed E-state index contributed by atoms with van der Waals surface area (Å²) in [5, 5.41) is 3.99. The Morgan fingerprint density at radius 1 is 1.23 bits per heavy atom. The molecule has 0 N–H and O–H groups in total. The molecule has 0 bridgehead atoms. The predicted molar refractivity (Wildman–Crippen MR) is 85.2 cm³/mol. The minimum atomic E-state index is -0.286. The zero-order valence-electron chi connectivity index (χ0n) is 13.9. The van der Waals surface area contributed by atoms with E-state index in [2.05, 4.69) is 20.1 Å². The quantitative estimate of drug-likeness (QED) is 0.701. The molecule has 0 aliphatic carbocycles. The molecule has 4 rings (SSSR count). The lowest BCUT2D eigenvalue weighted by Crippen LogP contribution is -2.41. The Hall–Kier alpha value is -3.17. The van der Waals surface area contributed by atoms with Crippen molar-refractivity contribution < 1.29 is 18.9 Å². The number of amides is 3. The summed E-state index contributed by atoms with van der Waals surface area (Å²) in [5.74, 6) is -0.0796. The second kappa shape index (κ2) is 6.62. The highest BCUT2D eigenvalue weighted by atomic mass is 16.5.